The first-order valence-corrected chi connectivity index (χ1v) is 6.50. The second kappa shape index (κ2) is 5.88. The zero-order valence-electron chi connectivity index (χ0n) is 10.9. The van der Waals surface area contributed by atoms with Gasteiger partial charge in [-0.05, 0) is 48.9 Å². The molecule has 0 fully saturated rings. The van der Waals surface area contributed by atoms with Gasteiger partial charge in [-0.1, -0.05) is 35.9 Å². The molecule has 2 aromatic rings. The highest BCUT2D eigenvalue weighted by atomic mass is 35.5. The van der Waals surface area contributed by atoms with Gasteiger partial charge in [-0.3, -0.25) is 0 Å². The zero-order valence-corrected chi connectivity index (χ0v) is 11.7. The molecule has 2 rings (SSSR count). The SMILES string of the molecule is CNC(C)c1ccc(-c2cccc(C#N)c2)cc1Cl. The van der Waals surface area contributed by atoms with Gasteiger partial charge < -0.3 is 5.32 Å². The number of hydrogen-bond acceptors (Lipinski definition) is 2. The summed E-state index contributed by atoms with van der Waals surface area (Å²) in [6.45, 7) is 2.07. The minimum Gasteiger partial charge on any atom is -0.313 e. The Labute approximate surface area is 118 Å². The highest BCUT2D eigenvalue weighted by Gasteiger charge is 2.09. The van der Waals surface area contributed by atoms with Crippen molar-refractivity contribution < 1.29 is 0 Å². The van der Waals surface area contributed by atoms with E-state index < -0.39 is 0 Å². The Morgan fingerprint density at radius 3 is 2.53 bits per heavy atom. The molecule has 0 aromatic heterocycles. The summed E-state index contributed by atoms with van der Waals surface area (Å²) in [6, 6.07) is 15.9. The standard InChI is InChI=1S/C16H15ClN2/c1-11(19-2)15-7-6-14(9-16(15)17)13-5-3-4-12(8-13)10-18/h3-9,11,19H,1-2H3. The lowest BCUT2D eigenvalue weighted by Crippen LogP contribution is -2.12. The van der Waals surface area contributed by atoms with Gasteiger partial charge in [0.05, 0.1) is 11.6 Å². The predicted octanol–water partition coefficient (Wildman–Crippen LogP) is 4.16. The van der Waals surface area contributed by atoms with E-state index in [2.05, 4.69) is 18.3 Å². The van der Waals surface area contributed by atoms with Gasteiger partial charge >= 0.3 is 0 Å². The maximum atomic E-state index is 8.93. The molecule has 0 radical (unpaired) electrons. The van der Waals surface area contributed by atoms with Gasteiger partial charge in [0.1, 0.15) is 0 Å². The molecule has 0 aliphatic carbocycles. The zero-order chi connectivity index (χ0) is 13.8. The van der Waals surface area contributed by atoms with E-state index in [1.165, 1.54) is 0 Å². The Kier molecular flexibility index (Phi) is 4.21. The molecule has 96 valence electrons. The van der Waals surface area contributed by atoms with Gasteiger partial charge in [-0.15, -0.1) is 0 Å². The number of nitrogens with zero attached hydrogens (tertiary/aromatic N) is 1. The third kappa shape index (κ3) is 2.96. The summed E-state index contributed by atoms with van der Waals surface area (Å²) in [5.41, 5.74) is 3.75. The second-order valence-corrected chi connectivity index (χ2v) is 4.85. The van der Waals surface area contributed by atoms with Gasteiger partial charge in [0.2, 0.25) is 0 Å². The lowest BCUT2D eigenvalue weighted by molar-refractivity contribution is 0.652. The number of nitriles is 1. The summed E-state index contributed by atoms with van der Waals surface area (Å²) in [7, 11) is 1.91. The van der Waals surface area contributed by atoms with E-state index in [0.29, 0.717) is 5.56 Å². The molecule has 0 spiro atoms. The molecule has 0 bridgehead atoms. The average Bonchev–Trinajstić information content (AvgIpc) is 2.46. The van der Waals surface area contributed by atoms with E-state index in [9.17, 15) is 0 Å². The first kappa shape index (κ1) is 13.6. The lowest BCUT2D eigenvalue weighted by atomic mass is 10.00. The fourth-order valence-electron chi connectivity index (χ4n) is 1.98. The fraction of sp³-hybridized carbons (Fsp3) is 0.188. The molecule has 0 saturated carbocycles. The smallest absolute Gasteiger partial charge is 0.0991 e. The number of nitrogens with one attached hydrogen (secondary N) is 1. The number of rotatable bonds is 3. The number of halogens is 1. The maximum absolute atomic E-state index is 8.93. The van der Waals surface area contributed by atoms with E-state index in [1.54, 1.807) is 6.07 Å². The molecule has 1 atom stereocenters. The van der Waals surface area contributed by atoms with E-state index in [0.717, 1.165) is 21.7 Å². The summed E-state index contributed by atoms with van der Waals surface area (Å²) in [4.78, 5) is 0. The van der Waals surface area contributed by atoms with Gasteiger partial charge in [0, 0.05) is 11.1 Å². The quantitative estimate of drug-likeness (QED) is 0.909. The number of benzene rings is 2. The Balaban J connectivity index is 2.42. The molecule has 0 amide bonds. The molecule has 1 unspecified atom stereocenters. The molecule has 0 aliphatic rings. The van der Waals surface area contributed by atoms with Crippen molar-refractivity contribution in [1.82, 2.24) is 5.32 Å². The molecule has 19 heavy (non-hydrogen) atoms. The third-order valence-corrected chi connectivity index (χ3v) is 3.55. The van der Waals surface area contributed by atoms with Crippen molar-refractivity contribution in [2.24, 2.45) is 0 Å². The second-order valence-electron chi connectivity index (χ2n) is 4.44. The predicted molar refractivity (Wildman–Crippen MR) is 79.1 cm³/mol. The van der Waals surface area contributed by atoms with Gasteiger partial charge in [-0.25, -0.2) is 0 Å². The van der Waals surface area contributed by atoms with Gasteiger partial charge in [-0.2, -0.15) is 5.26 Å². The summed E-state index contributed by atoms with van der Waals surface area (Å²) < 4.78 is 0. The average molecular weight is 271 g/mol. The summed E-state index contributed by atoms with van der Waals surface area (Å²) in [5, 5.41) is 12.8. The van der Waals surface area contributed by atoms with Crippen molar-refractivity contribution in [1.29, 1.82) is 5.26 Å². The van der Waals surface area contributed by atoms with Gasteiger partial charge in [0.15, 0.2) is 0 Å². The molecule has 0 heterocycles. The highest BCUT2D eigenvalue weighted by Crippen LogP contribution is 2.29. The van der Waals surface area contributed by atoms with Crippen molar-refractivity contribution in [2.45, 2.75) is 13.0 Å². The fourth-order valence-corrected chi connectivity index (χ4v) is 2.33. The molecule has 2 nitrogen and oxygen atoms in total. The van der Waals surface area contributed by atoms with Crippen LogP contribution in [-0.2, 0) is 0 Å². The molecule has 0 saturated heterocycles. The molecule has 2 aromatic carbocycles. The van der Waals surface area contributed by atoms with E-state index in [-0.39, 0.29) is 6.04 Å². The molecular formula is C16H15ClN2. The summed E-state index contributed by atoms with van der Waals surface area (Å²) >= 11 is 6.32. The Bertz CT molecular complexity index is 629. The minimum atomic E-state index is 0.215. The molecule has 3 heteroatoms. The number of hydrogen-bond donors (Lipinski definition) is 1. The maximum Gasteiger partial charge on any atom is 0.0991 e. The highest BCUT2D eigenvalue weighted by molar-refractivity contribution is 6.31. The van der Waals surface area contributed by atoms with E-state index in [4.69, 9.17) is 16.9 Å². The van der Waals surface area contributed by atoms with Crippen molar-refractivity contribution >= 4 is 11.6 Å². The Morgan fingerprint density at radius 1 is 1.16 bits per heavy atom. The lowest BCUT2D eigenvalue weighted by Gasteiger charge is -2.13. The third-order valence-electron chi connectivity index (χ3n) is 3.22. The largest absolute Gasteiger partial charge is 0.313 e. The van der Waals surface area contributed by atoms with Crippen LogP contribution < -0.4 is 5.32 Å². The molecular weight excluding hydrogens is 256 g/mol. The summed E-state index contributed by atoms with van der Waals surface area (Å²) in [6.07, 6.45) is 0. The van der Waals surface area contributed by atoms with Crippen LogP contribution >= 0.6 is 11.6 Å². The van der Waals surface area contributed by atoms with Crippen LogP contribution in [0.25, 0.3) is 11.1 Å². The van der Waals surface area contributed by atoms with Crippen molar-refractivity contribution in [3.05, 3.63) is 58.6 Å². The van der Waals surface area contributed by atoms with Crippen LogP contribution in [0, 0.1) is 11.3 Å². The van der Waals surface area contributed by atoms with Crippen molar-refractivity contribution in [2.75, 3.05) is 7.05 Å². The van der Waals surface area contributed by atoms with E-state index in [1.807, 2.05) is 43.4 Å². The Hall–Kier alpha value is -1.82. The molecule has 1 N–H and O–H groups in total. The van der Waals surface area contributed by atoms with Crippen LogP contribution in [0.3, 0.4) is 0 Å². The first-order valence-electron chi connectivity index (χ1n) is 6.13. The normalized spacial score (nSPS) is 11.9. The van der Waals surface area contributed by atoms with Crippen LogP contribution in [0.15, 0.2) is 42.5 Å². The topological polar surface area (TPSA) is 35.8 Å². The van der Waals surface area contributed by atoms with Crippen molar-refractivity contribution in [3.63, 3.8) is 0 Å². The van der Waals surface area contributed by atoms with Crippen molar-refractivity contribution in [3.8, 4) is 17.2 Å². The monoisotopic (exact) mass is 270 g/mol. The minimum absolute atomic E-state index is 0.215. The molecule has 0 aliphatic heterocycles. The summed E-state index contributed by atoms with van der Waals surface area (Å²) in [5.74, 6) is 0. The van der Waals surface area contributed by atoms with Crippen LogP contribution in [0.2, 0.25) is 5.02 Å². The van der Waals surface area contributed by atoms with E-state index >= 15 is 0 Å². The van der Waals surface area contributed by atoms with Crippen LogP contribution in [-0.4, -0.2) is 7.05 Å². The van der Waals surface area contributed by atoms with Crippen LogP contribution in [0.5, 0.6) is 0 Å². The van der Waals surface area contributed by atoms with Crippen LogP contribution in [0.1, 0.15) is 24.1 Å². The first-order chi connectivity index (χ1) is 9.15. The van der Waals surface area contributed by atoms with Crippen LogP contribution in [0.4, 0.5) is 0 Å². The van der Waals surface area contributed by atoms with Gasteiger partial charge in [0.25, 0.3) is 0 Å². The Morgan fingerprint density at radius 2 is 1.89 bits per heavy atom.